The molecule has 2 unspecified atom stereocenters. The van der Waals surface area contributed by atoms with E-state index in [1.807, 2.05) is 0 Å². The molecule has 16 heavy (non-hydrogen) atoms. The SMILES string of the molecule is Cc1ccc(F)c(C(O)C2CCCS2)c1F. The standard InChI is InChI=1S/C12H14F2OS/c1-7-4-5-8(13)10(11(7)14)12(15)9-3-2-6-16-9/h4-5,9,12,15H,2-3,6H2,1H3. The van der Waals surface area contributed by atoms with E-state index in [4.69, 9.17) is 0 Å². The van der Waals surface area contributed by atoms with Crippen molar-refractivity contribution in [2.24, 2.45) is 0 Å². The molecule has 2 rings (SSSR count). The Kier molecular flexibility index (Phi) is 3.50. The molecule has 1 nitrogen and oxygen atoms in total. The molecule has 0 amide bonds. The summed E-state index contributed by atoms with van der Waals surface area (Å²) in [5.74, 6) is -0.306. The quantitative estimate of drug-likeness (QED) is 0.862. The maximum Gasteiger partial charge on any atom is 0.134 e. The lowest BCUT2D eigenvalue weighted by atomic mass is 10.0. The summed E-state index contributed by atoms with van der Waals surface area (Å²) in [7, 11) is 0. The summed E-state index contributed by atoms with van der Waals surface area (Å²) < 4.78 is 27.3. The van der Waals surface area contributed by atoms with Gasteiger partial charge in [-0.05, 0) is 37.1 Å². The fourth-order valence-corrected chi connectivity index (χ4v) is 3.27. The molecule has 1 aliphatic rings. The highest BCUT2D eigenvalue weighted by Gasteiger charge is 2.29. The number of hydrogen-bond donors (Lipinski definition) is 1. The Balaban J connectivity index is 2.34. The molecular weight excluding hydrogens is 230 g/mol. The summed E-state index contributed by atoms with van der Waals surface area (Å²) >= 11 is 1.59. The predicted octanol–water partition coefficient (Wildman–Crippen LogP) is 3.20. The van der Waals surface area contributed by atoms with Gasteiger partial charge in [0.05, 0.1) is 11.7 Å². The normalized spacial score (nSPS) is 22.4. The molecule has 0 saturated carbocycles. The molecule has 0 aromatic heterocycles. The van der Waals surface area contributed by atoms with E-state index in [0.717, 1.165) is 18.6 Å². The number of thioether (sulfide) groups is 1. The Morgan fingerprint density at radius 3 is 2.81 bits per heavy atom. The van der Waals surface area contributed by atoms with E-state index in [1.165, 1.54) is 12.1 Å². The number of rotatable bonds is 2. The van der Waals surface area contributed by atoms with Gasteiger partial charge in [-0.15, -0.1) is 0 Å². The number of aryl methyl sites for hydroxylation is 1. The van der Waals surface area contributed by atoms with Crippen molar-refractivity contribution in [1.82, 2.24) is 0 Å². The fraction of sp³-hybridized carbons (Fsp3) is 0.500. The monoisotopic (exact) mass is 244 g/mol. The number of hydrogen-bond acceptors (Lipinski definition) is 2. The molecule has 1 fully saturated rings. The van der Waals surface area contributed by atoms with E-state index in [1.54, 1.807) is 18.7 Å². The van der Waals surface area contributed by atoms with Gasteiger partial charge in [-0.2, -0.15) is 11.8 Å². The van der Waals surface area contributed by atoms with Gasteiger partial charge in [0.2, 0.25) is 0 Å². The number of aliphatic hydroxyl groups is 1. The van der Waals surface area contributed by atoms with Gasteiger partial charge >= 0.3 is 0 Å². The summed E-state index contributed by atoms with van der Waals surface area (Å²) in [6, 6.07) is 2.61. The van der Waals surface area contributed by atoms with Crippen LogP contribution in [0.4, 0.5) is 8.78 Å². The van der Waals surface area contributed by atoms with Crippen LogP contribution in [0.25, 0.3) is 0 Å². The van der Waals surface area contributed by atoms with Crippen LogP contribution in [0.3, 0.4) is 0 Å². The first-order valence-corrected chi connectivity index (χ1v) is 6.40. The Hall–Kier alpha value is -0.610. The molecule has 1 aliphatic heterocycles. The summed E-state index contributed by atoms with van der Waals surface area (Å²) in [6.07, 6.45) is 0.785. The molecule has 1 aromatic rings. The lowest BCUT2D eigenvalue weighted by Crippen LogP contribution is -2.15. The van der Waals surface area contributed by atoms with Gasteiger partial charge in [-0.1, -0.05) is 6.07 Å². The molecule has 0 bridgehead atoms. The average Bonchev–Trinajstić information content (AvgIpc) is 2.77. The maximum absolute atomic E-state index is 13.8. The molecule has 1 N–H and O–H groups in total. The van der Waals surface area contributed by atoms with E-state index < -0.39 is 17.7 Å². The van der Waals surface area contributed by atoms with Crippen molar-refractivity contribution in [1.29, 1.82) is 0 Å². The zero-order valence-electron chi connectivity index (χ0n) is 9.04. The van der Waals surface area contributed by atoms with Crippen molar-refractivity contribution >= 4 is 11.8 Å². The summed E-state index contributed by atoms with van der Waals surface area (Å²) in [4.78, 5) is 0. The third-order valence-electron chi connectivity index (χ3n) is 2.93. The first-order chi connectivity index (χ1) is 7.61. The molecule has 0 aliphatic carbocycles. The lowest BCUT2D eigenvalue weighted by molar-refractivity contribution is 0.163. The minimum Gasteiger partial charge on any atom is -0.387 e. The van der Waals surface area contributed by atoms with Gasteiger partial charge in [0.15, 0.2) is 0 Å². The number of halogens is 2. The predicted molar refractivity (Wildman–Crippen MR) is 61.5 cm³/mol. The second-order valence-electron chi connectivity index (χ2n) is 4.09. The van der Waals surface area contributed by atoms with E-state index in [9.17, 15) is 13.9 Å². The first kappa shape index (κ1) is 11.9. The lowest BCUT2D eigenvalue weighted by Gasteiger charge is -2.19. The molecule has 0 spiro atoms. The zero-order chi connectivity index (χ0) is 11.7. The van der Waals surface area contributed by atoms with Crippen molar-refractivity contribution in [3.63, 3.8) is 0 Å². The highest BCUT2D eigenvalue weighted by atomic mass is 32.2. The van der Waals surface area contributed by atoms with Crippen molar-refractivity contribution in [3.05, 3.63) is 34.9 Å². The summed E-state index contributed by atoms with van der Waals surface area (Å²) in [5, 5.41) is 9.93. The minimum atomic E-state index is -1.03. The van der Waals surface area contributed by atoms with Crippen LogP contribution in [-0.4, -0.2) is 16.1 Å². The highest BCUT2D eigenvalue weighted by Crippen LogP contribution is 2.37. The van der Waals surface area contributed by atoms with Crippen LogP contribution in [0.15, 0.2) is 12.1 Å². The van der Waals surface area contributed by atoms with E-state index in [0.29, 0.717) is 5.56 Å². The minimum absolute atomic E-state index is 0.0780. The third-order valence-corrected chi connectivity index (χ3v) is 4.38. The van der Waals surface area contributed by atoms with Crippen LogP contribution < -0.4 is 0 Å². The molecule has 2 atom stereocenters. The van der Waals surface area contributed by atoms with E-state index >= 15 is 0 Å². The maximum atomic E-state index is 13.8. The van der Waals surface area contributed by atoms with Crippen molar-refractivity contribution in [2.45, 2.75) is 31.1 Å². The third kappa shape index (κ3) is 2.09. The van der Waals surface area contributed by atoms with Crippen LogP contribution >= 0.6 is 11.8 Å². The van der Waals surface area contributed by atoms with Crippen LogP contribution in [0, 0.1) is 18.6 Å². The second-order valence-corrected chi connectivity index (χ2v) is 5.44. The van der Waals surface area contributed by atoms with Crippen molar-refractivity contribution in [2.75, 3.05) is 5.75 Å². The molecule has 88 valence electrons. The highest BCUT2D eigenvalue weighted by molar-refractivity contribution is 8.00. The van der Waals surface area contributed by atoms with Gasteiger partial charge in [-0.25, -0.2) is 8.78 Å². The van der Waals surface area contributed by atoms with Gasteiger partial charge in [0, 0.05) is 5.25 Å². The van der Waals surface area contributed by atoms with Gasteiger partial charge in [0.1, 0.15) is 11.6 Å². The average molecular weight is 244 g/mol. The fourth-order valence-electron chi connectivity index (χ4n) is 1.99. The molecule has 0 radical (unpaired) electrons. The van der Waals surface area contributed by atoms with E-state index in [2.05, 4.69) is 0 Å². The Bertz CT molecular complexity index is 389. The Morgan fingerprint density at radius 1 is 1.44 bits per heavy atom. The van der Waals surface area contributed by atoms with Crippen LogP contribution in [-0.2, 0) is 0 Å². The smallest absolute Gasteiger partial charge is 0.134 e. The zero-order valence-corrected chi connectivity index (χ0v) is 9.86. The first-order valence-electron chi connectivity index (χ1n) is 5.35. The topological polar surface area (TPSA) is 20.2 Å². The van der Waals surface area contributed by atoms with Crippen molar-refractivity contribution < 1.29 is 13.9 Å². The Morgan fingerprint density at radius 2 is 2.19 bits per heavy atom. The summed E-state index contributed by atoms with van der Waals surface area (Å²) in [5.41, 5.74) is 0.206. The number of aliphatic hydroxyl groups excluding tert-OH is 1. The molecule has 1 heterocycles. The van der Waals surface area contributed by atoms with Gasteiger partial charge in [-0.3, -0.25) is 0 Å². The second kappa shape index (κ2) is 4.72. The van der Waals surface area contributed by atoms with Gasteiger partial charge < -0.3 is 5.11 Å². The summed E-state index contributed by atoms with van der Waals surface area (Å²) in [6.45, 7) is 1.58. The molecule has 1 aromatic carbocycles. The largest absolute Gasteiger partial charge is 0.387 e. The van der Waals surface area contributed by atoms with Crippen LogP contribution in [0.1, 0.15) is 30.1 Å². The van der Waals surface area contributed by atoms with Crippen LogP contribution in [0.2, 0.25) is 0 Å². The Labute approximate surface area is 97.9 Å². The molecule has 1 saturated heterocycles. The molecular formula is C12H14F2OS. The molecule has 4 heteroatoms. The van der Waals surface area contributed by atoms with Gasteiger partial charge in [0.25, 0.3) is 0 Å². The number of benzene rings is 1. The van der Waals surface area contributed by atoms with Crippen LogP contribution in [0.5, 0.6) is 0 Å². The van der Waals surface area contributed by atoms with E-state index in [-0.39, 0.29) is 10.8 Å². The van der Waals surface area contributed by atoms with Crippen molar-refractivity contribution in [3.8, 4) is 0 Å².